The molecule has 0 saturated heterocycles. The average molecular weight is 269 g/mol. The van der Waals surface area contributed by atoms with Crippen molar-refractivity contribution in [1.29, 1.82) is 0 Å². The lowest BCUT2D eigenvalue weighted by Crippen LogP contribution is -2.41. The van der Waals surface area contributed by atoms with Gasteiger partial charge in [-0.3, -0.25) is 4.79 Å². The molecule has 1 aliphatic rings. The zero-order valence-corrected chi connectivity index (χ0v) is 9.96. The van der Waals surface area contributed by atoms with Gasteiger partial charge in [-0.1, -0.05) is 34.5 Å². The van der Waals surface area contributed by atoms with Crippen LogP contribution in [-0.2, 0) is 0 Å². The van der Waals surface area contributed by atoms with E-state index in [-0.39, 0.29) is 12.4 Å². The highest BCUT2D eigenvalue weighted by Crippen LogP contribution is 2.43. The van der Waals surface area contributed by atoms with Gasteiger partial charge in [0.15, 0.2) is 5.78 Å². The zero-order chi connectivity index (χ0) is 10.9. The zero-order valence-electron chi connectivity index (χ0n) is 8.37. The van der Waals surface area contributed by atoms with Crippen LogP contribution in [0.1, 0.15) is 29.6 Å². The van der Waals surface area contributed by atoms with Crippen LogP contribution in [0.4, 0.5) is 0 Å². The van der Waals surface area contributed by atoms with E-state index in [1.807, 2.05) is 24.3 Å². The van der Waals surface area contributed by atoms with Gasteiger partial charge < -0.3 is 5.11 Å². The molecule has 3 heteroatoms. The minimum atomic E-state index is -0.485. The number of ketones is 1. The largest absolute Gasteiger partial charge is 0.395 e. The van der Waals surface area contributed by atoms with Gasteiger partial charge in [0.25, 0.3) is 0 Å². The summed E-state index contributed by atoms with van der Waals surface area (Å²) in [4.78, 5) is 12.2. The third-order valence-electron chi connectivity index (χ3n) is 3.18. The molecule has 0 heterocycles. The quantitative estimate of drug-likeness (QED) is 0.857. The normalized spacial score (nSPS) is 18.3. The van der Waals surface area contributed by atoms with E-state index >= 15 is 0 Å². The molecule has 1 aromatic carbocycles. The monoisotopic (exact) mass is 268 g/mol. The molecule has 0 amide bonds. The topological polar surface area (TPSA) is 37.3 Å². The van der Waals surface area contributed by atoms with Crippen molar-refractivity contribution in [3.63, 3.8) is 0 Å². The van der Waals surface area contributed by atoms with Gasteiger partial charge in [-0.15, -0.1) is 0 Å². The molecule has 0 unspecified atom stereocenters. The lowest BCUT2D eigenvalue weighted by Gasteiger charge is -2.38. The third kappa shape index (κ3) is 1.86. The first-order chi connectivity index (χ1) is 7.18. The van der Waals surface area contributed by atoms with Crippen LogP contribution >= 0.6 is 15.9 Å². The van der Waals surface area contributed by atoms with E-state index in [0.717, 1.165) is 23.7 Å². The summed E-state index contributed by atoms with van der Waals surface area (Å²) in [7, 11) is 0. The Morgan fingerprint density at radius 3 is 2.67 bits per heavy atom. The molecule has 80 valence electrons. The molecule has 0 atom stereocenters. The number of hydrogen-bond acceptors (Lipinski definition) is 2. The molecular formula is C12H13BrO2. The summed E-state index contributed by atoms with van der Waals surface area (Å²) in [6.45, 7) is -0.0294. The van der Waals surface area contributed by atoms with Crippen molar-refractivity contribution in [2.45, 2.75) is 19.3 Å². The maximum Gasteiger partial charge on any atom is 0.171 e. The number of hydrogen-bond donors (Lipinski definition) is 1. The van der Waals surface area contributed by atoms with Crippen LogP contribution in [0.2, 0.25) is 0 Å². The minimum Gasteiger partial charge on any atom is -0.395 e. The Hall–Kier alpha value is -0.670. The summed E-state index contributed by atoms with van der Waals surface area (Å²) in [6.07, 6.45) is 2.67. The van der Waals surface area contributed by atoms with Crippen molar-refractivity contribution >= 4 is 21.7 Å². The first-order valence-electron chi connectivity index (χ1n) is 5.09. The highest BCUT2D eigenvalue weighted by Gasteiger charge is 2.43. The molecule has 0 spiro atoms. The van der Waals surface area contributed by atoms with Gasteiger partial charge in [0.1, 0.15) is 0 Å². The number of carbonyl (C=O) groups excluding carboxylic acids is 1. The number of rotatable bonds is 3. The molecule has 0 aliphatic heterocycles. The van der Waals surface area contributed by atoms with E-state index in [1.54, 1.807) is 0 Å². The Kier molecular flexibility index (Phi) is 2.94. The van der Waals surface area contributed by atoms with Gasteiger partial charge in [-0.2, -0.15) is 0 Å². The summed E-state index contributed by atoms with van der Waals surface area (Å²) in [6, 6.07) is 7.37. The Morgan fingerprint density at radius 2 is 2.20 bits per heavy atom. The maximum absolute atomic E-state index is 12.2. The second-order valence-corrected chi connectivity index (χ2v) is 5.05. The molecule has 2 rings (SSSR count). The standard InChI is InChI=1S/C12H13BrO2/c13-10-4-1-3-9(7-10)11(15)12(8-14)5-2-6-12/h1,3-4,7,14H,2,5-6,8H2. The average Bonchev–Trinajstić information content (AvgIpc) is 2.17. The summed E-state index contributed by atoms with van der Waals surface area (Å²) in [5, 5.41) is 9.31. The van der Waals surface area contributed by atoms with E-state index in [1.165, 1.54) is 0 Å². The SMILES string of the molecule is O=C(c1cccc(Br)c1)C1(CO)CCC1. The lowest BCUT2D eigenvalue weighted by atomic mass is 9.65. The third-order valence-corrected chi connectivity index (χ3v) is 3.68. The van der Waals surface area contributed by atoms with Crippen molar-refractivity contribution in [2.24, 2.45) is 5.41 Å². The van der Waals surface area contributed by atoms with Crippen LogP contribution in [0.5, 0.6) is 0 Å². The fraction of sp³-hybridized carbons (Fsp3) is 0.417. The summed E-state index contributed by atoms with van der Waals surface area (Å²) < 4.78 is 0.903. The molecule has 2 nitrogen and oxygen atoms in total. The number of Topliss-reactive ketones (excluding diaryl/α,β-unsaturated/α-hetero) is 1. The number of aliphatic hydroxyl groups is 1. The second kappa shape index (κ2) is 4.06. The van der Waals surface area contributed by atoms with Crippen molar-refractivity contribution in [3.05, 3.63) is 34.3 Å². The molecule has 1 saturated carbocycles. The van der Waals surface area contributed by atoms with Crippen molar-refractivity contribution in [3.8, 4) is 0 Å². The fourth-order valence-corrected chi connectivity index (χ4v) is 2.40. The van der Waals surface area contributed by atoms with Crippen molar-refractivity contribution in [2.75, 3.05) is 6.61 Å². The fourth-order valence-electron chi connectivity index (χ4n) is 2.00. The molecular weight excluding hydrogens is 256 g/mol. The van der Waals surface area contributed by atoms with Crippen LogP contribution in [0.25, 0.3) is 0 Å². The van der Waals surface area contributed by atoms with E-state index in [9.17, 15) is 9.90 Å². The molecule has 0 aromatic heterocycles. The van der Waals surface area contributed by atoms with E-state index < -0.39 is 5.41 Å². The van der Waals surface area contributed by atoms with Gasteiger partial charge in [0.2, 0.25) is 0 Å². The van der Waals surface area contributed by atoms with Gasteiger partial charge in [-0.25, -0.2) is 0 Å². The Bertz CT molecular complexity index is 377. The van der Waals surface area contributed by atoms with Gasteiger partial charge in [0.05, 0.1) is 12.0 Å². The molecule has 0 bridgehead atoms. The molecule has 1 fully saturated rings. The van der Waals surface area contributed by atoms with Crippen LogP contribution in [0.15, 0.2) is 28.7 Å². The summed E-state index contributed by atoms with van der Waals surface area (Å²) in [5.74, 6) is 0.0811. The Labute approximate surface area is 97.4 Å². The van der Waals surface area contributed by atoms with E-state index in [4.69, 9.17) is 0 Å². The molecule has 1 aliphatic carbocycles. The second-order valence-electron chi connectivity index (χ2n) is 4.13. The molecule has 1 N–H and O–H groups in total. The number of aliphatic hydroxyl groups excluding tert-OH is 1. The highest BCUT2D eigenvalue weighted by atomic mass is 79.9. The number of carbonyl (C=O) groups is 1. The highest BCUT2D eigenvalue weighted by molar-refractivity contribution is 9.10. The Balaban J connectivity index is 2.27. The summed E-state index contributed by atoms with van der Waals surface area (Å²) in [5.41, 5.74) is 0.207. The number of benzene rings is 1. The minimum absolute atomic E-state index is 0.0294. The Morgan fingerprint density at radius 1 is 1.47 bits per heavy atom. The van der Waals surface area contributed by atoms with Crippen molar-refractivity contribution < 1.29 is 9.90 Å². The molecule has 15 heavy (non-hydrogen) atoms. The molecule has 0 radical (unpaired) electrons. The van der Waals surface area contributed by atoms with Gasteiger partial charge >= 0.3 is 0 Å². The predicted octanol–water partition coefficient (Wildman–Crippen LogP) is 2.79. The van der Waals surface area contributed by atoms with Crippen LogP contribution in [-0.4, -0.2) is 17.5 Å². The number of halogens is 1. The van der Waals surface area contributed by atoms with Crippen LogP contribution in [0.3, 0.4) is 0 Å². The van der Waals surface area contributed by atoms with E-state index in [2.05, 4.69) is 15.9 Å². The van der Waals surface area contributed by atoms with Crippen molar-refractivity contribution in [1.82, 2.24) is 0 Å². The predicted molar refractivity (Wildman–Crippen MR) is 61.8 cm³/mol. The molecule has 1 aromatic rings. The lowest BCUT2D eigenvalue weighted by molar-refractivity contribution is 0.0348. The maximum atomic E-state index is 12.2. The first kappa shape index (κ1) is 10.8. The smallest absolute Gasteiger partial charge is 0.171 e. The van der Waals surface area contributed by atoms with E-state index in [0.29, 0.717) is 5.56 Å². The van der Waals surface area contributed by atoms with Gasteiger partial charge in [-0.05, 0) is 25.0 Å². The van der Waals surface area contributed by atoms with Crippen LogP contribution < -0.4 is 0 Å². The van der Waals surface area contributed by atoms with Crippen LogP contribution in [0, 0.1) is 5.41 Å². The first-order valence-corrected chi connectivity index (χ1v) is 5.88. The van der Waals surface area contributed by atoms with Gasteiger partial charge in [0, 0.05) is 10.0 Å². The summed E-state index contributed by atoms with van der Waals surface area (Å²) >= 11 is 3.34.